The number of rotatable bonds is 3. The van der Waals surface area contributed by atoms with E-state index in [2.05, 4.69) is 4.98 Å². The Morgan fingerprint density at radius 3 is 2.62 bits per heavy atom. The molecule has 2 N–H and O–H groups in total. The van der Waals surface area contributed by atoms with Crippen molar-refractivity contribution in [2.45, 2.75) is 31.0 Å². The summed E-state index contributed by atoms with van der Waals surface area (Å²) < 4.78 is 27.1. The number of sulfonamides is 1. The molecule has 0 amide bonds. The number of hydrogen-bond acceptors (Lipinski definition) is 4. The second-order valence-electron chi connectivity index (χ2n) is 4.47. The number of aryl methyl sites for hydroxylation is 1. The Morgan fingerprint density at radius 2 is 2.19 bits per heavy atom. The molecule has 90 valence electrons. The van der Waals surface area contributed by atoms with Crippen molar-refractivity contribution >= 4 is 10.0 Å². The van der Waals surface area contributed by atoms with Gasteiger partial charge >= 0.3 is 0 Å². The van der Waals surface area contributed by atoms with Crippen LogP contribution in [0.4, 0.5) is 0 Å². The zero-order chi connectivity index (χ0) is 12.0. The average Bonchev–Trinajstić information content (AvgIpc) is 2.62. The van der Waals surface area contributed by atoms with Crippen molar-refractivity contribution < 1.29 is 8.42 Å². The van der Waals surface area contributed by atoms with Crippen LogP contribution < -0.4 is 5.73 Å². The van der Waals surface area contributed by atoms with Gasteiger partial charge < -0.3 is 10.3 Å². The summed E-state index contributed by atoms with van der Waals surface area (Å²) in [4.78, 5) is 3.90. The minimum absolute atomic E-state index is 0.102. The molecule has 1 aliphatic rings. The van der Waals surface area contributed by atoms with E-state index in [1.165, 1.54) is 10.6 Å². The lowest BCUT2D eigenvalue weighted by Gasteiger charge is -2.43. The molecule has 0 saturated carbocycles. The van der Waals surface area contributed by atoms with Gasteiger partial charge in [0.1, 0.15) is 0 Å². The fourth-order valence-corrected chi connectivity index (χ4v) is 3.35. The molecule has 0 unspecified atom stereocenters. The second-order valence-corrected chi connectivity index (χ2v) is 6.35. The molecule has 1 saturated heterocycles. The fourth-order valence-electron chi connectivity index (χ4n) is 1.71. The average molecular weight is 244 g/mol. The van der Waals surface area contributed by atoms with Crippen LogP contribution in [0.2, 0.25) is 0 Å². The number of aromatic nitrogens is 2. The SMILES string of the molecule is CCn1cnc(S(=O)(=O)N2CC(C)(N)C2)c1. The van der Waals surface area contributed by atoms with Gasteiger partial charge in [0.15, 0.2) is 5.03 Å². The van der Waals surface area contributed by atoms with E-state index in [1.54, 1.807) is 10.8 Å². The lowest BCUT2D eigenvalue weighted by molar-refractivity contribution is 0.176. The van der Waals surface area contributed by atoms with Crippen molar-refractivity contribution in [1.29, 1.82) is 0 Å². The van der Waals surface area contributed by atoms with E-state index in [1.807, 2.05) is 13.8 Å². The number of hydrogen-bond donors (Lipinski definition) is 1. The van der Waals surface area contributed by atoms with Gasteiger partial charge in [0.05, 0.1) is 6.33 Å². The first-order valence-electron chi connectivity index (χ1n) is 5.16. The minimum atomic E-state index is -3.44. The van der Waals surface area contributed by atoms with Crippen LogP contribution in [0.5, 0.6) is 0 Å². The van der Waals surface area contributed by atoms with Gasteiger partial charge in [0, 0.05) is 31.4 Å². The van der Waals surface area contributed by atoms with Crippen LogP contribution in [-0.2, 0) is 16.6 Å². The van der Waals surface area contributed by atoms with Crippen molar-refractivity contribution in [3.8, 4) is 0 Å². The van der Waals surface area contributed by atoms with Crippen molar-refractivity contribution in [2.75, 3.05) is 13.1 Å². The maximum absolute atomic E-state index is 12.0. The predicted molar refractivity (Wildman–Crippen MR) is 59.3 cm³/mol. The number of nitrogens with zero attached hydrogens (tertiary/aromatic N) is 3. The van der Waals surface area contributed by atoms with E-state index in [-0.39, 0.29) is 5.03 Å². The first kappa shape index (κ1) is 11.6. The van der Waals surface area contributed by atoms with Gasteiger partial charge in [-0.3, -0.25) is 0 Å². The summed E-state index contributed by atoms with van der Waals surface area (Å²) in [5, 5.41) is 0.102. The van der Waals surface area contributed by atoms with Gasteiger partial charge in [-0.25, -0.2) is 13.4 Å². The maximum atomic E-state index is 12.0. The number of imidazole rings is 1. The Labute approximate surface area is 95.1 Å². The summed E-state index contributed by atoms with van der Waals surface area (Å²) >= 11 is 0. The van der Waals surface area contributed by atoms with E-state index in [9.17, 15) is 8.42 Å². The molecule has 0 bridgehead atoms. The van der Waals surface area contributed by atoms with E-state index < -0.39 is 15.6 Å². The molecule has 16 heavy (non-hydrogen) atoms. The second kappa shape index (κ2) is 3.54. The van der Waals surface area contributed by atoms with E-state index >= 15 is 0 Å². The Balaban J connectivity index is 2.20. The van der Waals surface area contributed by atoms with Crippen LogP contribution in [-0.4, -0.2) is 40.9 Å². The molecule has 2 heterocycles. The Bertz CT molecular complexity index is 483. The highest BCUT2D eigenvalue weighted by Crippen LogP contribution is 2.24. The molecular formula is C9H16N4O2S. The molecule has 0 aliphatic carbocycles. The van der Waals surface area contributed by atoms with Crippen LogP contribution in [0.3, 0.4) is 0 Å². The molecule has 0 atom stereocenters. The van der Waals surface area contributed by atoms with E-state index in [4.69, 9.17) is 5.73 Å². The molecule has 6 nitrogen and oxygen atoms in total. The Hall–Kier alpha value is -0.920. The topological polar surface area (TPSA) is 81.2 Å². The summed E-state index contributed by atoms with van der Waals surface area (Å²) in [6.45, 7) is 5.18. The van der Waals surface area contributed by atoms with Gasteiger partial charge in [-0.05, 0) is 13.8 Å². The normalized spacial score (nSPS) is 20.7. The zero-order valence-electron chi connectivity index (χ0n) is 9.42. The standard InChI is InChI=1S/C9H16N4O2S/c1-3-12-4-8(11-7-12)16(14,15)13-5-9(2,10)6-13/h4,7H,3,5-6,10H2,1-2H3. The highest BCUT2D eigenvalue weighted by molar-refractivity contribution is 7.89. The van der Waals surface area contributed by atoms with E-state index in [0.29, 0.717) is 19.6 Å². The van der Waals surface area contributed by atoms with Crippen LogP contribution >= 0.6 is 0 Å². The van der Waals surface area contributed by atoms with Crippen LogP contribution in [0, 0.1) is 0 Å². The summed E-state index contributed by atoms with van der Waals surface area (Å²) in [7, 11) is -3.44. The van der Waals surface area contributed by atoms with Gasteiger partial charge in [-0.15, -0.1) is 0 Å². The van der Waals surface area contributed by atoms with Gasteiger partial charge in [-0.2, -0.15) is 4.31 Å². The molecule has 7 heteroatoms. The summed E-state index contributed by atoms with van der Waals surface area (Å²) in [6.07, 6.45) is 3.07. The van der Waals surface area contributed by atoms with Crippen molar-refractivity contribution in [1.82, 2.24) is 13.9 Å². The first-order valence-corrected chi connectivity index (χ1v) is 6.60. The van der Waals surface area contributed by atoms with Gasteiger partial charge in [-0.1, -0.05) is 0 Å². The minimum Gasteiger partial charge on any atom is -0.336 e. The summed E-state index contributed by atoms with van der Waals surface area (Å²) in [6, 6.07) is 0. The van der Waals surface area contributed by atoms with Crippen LogP contribution in [0.1, 0.15) is 13.8 Å². The highest BCUT2D eigenvalue weighted by atomic mass is 32.2. The van der Waals surface area contributed by atoms with Crippen molar-refractivity contribution in [2.24, 2.45) is 5.73 Å². The lowest BCUT2D eigenvalue weighted by atomic mass is 9.97. The molecule has 0 aromatic carbocycles. The molecule has 2 rings (SSSR count). The largest absolute Gasteiger partial charge is 0.336 e. The molecule has 1 aromatic heterocycles. The molecule has 1 aliphatic heterocycles. The quantitative estimate of drug-likeness (QED) is 0.786. The van der Waals surface area contributed by atoms with Gasteiger partial charge in [0.2, 0.25) is 0 Å². The Kier molecular flexibility index (Phi) is 2.56. The molecule has 0 spiro atoms. The summed E-state index contributed by atoms with van der Waals surface area (Å²) in [5.74, 6) is 0. The summed E-state index contributed by atoms with van der Waals surface area (Å²) in [5.41, 5.74) is 5.38. The third-order valence-electron chi connectivity index (χ3n) is 2.65. The van der Waals surface area contributed by atoms with Gasteiger partial charge in [0.25, 0.3) is 10.0 Å². The Morgan fingerprint density at radius 1 is 1.56 bits per heavy atom. The molecular weight excluding hydrogens is 228 g/mol. The predicted octanol–water partition coefficient (Wildman–Crippen LogP) is -0.375. The lowest BCUT2D eigenvalue weighted by Crippen LogP contribution is -2.66. The third kappa shape index (κ3) is 1.85. The van der Waals surface area contributed by atoms with Crippen molar-refractivity contribution in [3.05, 3.63) is 12.5 Å². The third-order valence-corrected chi connectivity index (χ3v) is 4.33. The molecule has 0 radical (unpaired) electrons. The zero-order valence-corrected chi connectivity index (χ0v) is 10.2. The number of nitrogens with two attached hydrogens (primary N) is 1. The fraction of sp³-hybridized carbons (Fsp3) is 0.667. The van der Waals surface area contributed by atoms with Crippen LogP contribution in [0.25, 0.3) is 0 Å². The monoisotopic (exact) mass is 244 g/mol. The smallest absolute Gasteiger partial charge is 0.262 e. The molecule has 1 aromatic rings. The van der Waals surface area contributed by atoms with Crippen LogP contribution in [0.15, 0.2) is 17.6 Å². The maximum Gasteiger partial charge on any atom is 0.262 e. The first-order chi connectivity index (χ1) is 7.35. The highest BCUT2D eigenvalue weighted by Gasteiger charge is 2.43. The van der Waals surface area contributed by atoms with Crippen molar-refractivity contribution in [3.63, 3.8) is 0 Å². The van der Waals surface area contributed by atoms with E-state index in [0.717, 1.165) is 0 Å². The molecule has 1 fully saturated rings.